The fourth-order valence-corrected chi connectivity index (χ4v) is 10.8. The number of esters is 4. The molecule has 0 aromatic carbocycles. The molecule has 468 valence electrons. The van der Waals surface area contributed by atoms with Crippen molar-refractivity contribution in [2.45, 2.75) is 222 Å². The van der Waals surface area contributed by atoms with E-state index in [1.165, 1.54) is 39.4 Å². The number of aromatic nitrogens is 2. The van der Waals surface area contributed by atoms with Crippen LogP contribution in [0.25, 0.3) is 0 Å². The highest BCUT2D eigenvalue weighted by atomic mass is 16.7. The summed E-state index contributed by atoms with van der Waals surface area (Å²) in [5.74, 6) is -7.77. The standard InChI is InChI=1S/C55H85N5O23/c1-8-10-11-12-13-14-15-16-17-18-31(76-41(67)23-30(3)24-42(68)82-54-51(75-7)50(48(74-6)34(9-2)79-54)81-40(66)20-19-39(64)65)25-43(69)77-36-29-58(4)46(52(70)59(5)45(36)53(71)72)49(83-44-27-32(61)35(28-56)78-44)47-33(62)26-38(80-47)60-22-21-37(63)57-55(60)73/h16-17,21-22,30-36,38,44-51,54,61-62H,8-15,18-20,23-29,56H2,1-7H3,(H,64,65)(H,71,72)(H,57,63,73)/t30?,31?,32-,33-,34?,35+,36?,38+,44-,45?,46?,47-,48?,49?,50?,51?,54?/m0/s1. The molecule has 1 amide bonds. The Morgan fingerprint density at radius 3 is 2.12 bits per heavy atom. The summed E-state index contributed by atoms with van der Waals surface area (Å²) in [4.78, 5) is 122. The lowest BCUT2D eigenvalue weighted by molar-refractivity contribution is -0.299. The third-order valence-corrected chi connectivity index (χ3v) is 15.1. The second-order valence-corrected chi connectivity index (χ2v) is 21.5. The Labute approximate surface area is 481 Å². The molecule has 4 aliphatic heterocycles. The van der Waals surface area contributed by atoms with E-state index in [0.717, 1.165) is 54.1 Å². The van der Waals surface area contributed by atoms with Gasteiger partial charge in [-0.15, -0.1) is 0 Å². The molecule has 0 aliphatic carbocycles. The number of methoxy groups -OCH3 is 2. The molecule has 83 heavy (non-hydrogen) atoms. The Kier molecular flexibility index (Phi) is 27.2. The Morgan fingerprint density at radius 1 is 0.795 bits per heavy atom. The summed E-state index contributed by atoms with van der Waals surface area (Å²) in [6.07, 6.45) is -6.95. The van der Waals surface area contributed by atoms with Gasteiger partial charge in [0.15, 0.2) is 24.5 Å². The van der Waals surface area contributed by atoms with Crippen LogP contribution in [-0.4, -0.2) is 215 Å². The van der Waals surface area contributed by atoms with Gasteiger partial charge in [-0.2, -0.15) is 0 Å². The molecule has 28 heteroatoms. The zero-order valence-electron chi connectivity index (χ0n) is 48.3. The van der Waals surface area contributed by atoms with Gasteiger partial charge >= 0.3 is 41.5 Å². The van der Waals surface area contributed by atoms with Crippen LogP contribution in [0.4, 0.5) is 0 Å². The van der Waals surface area contributed by atoms with E-state index in [-0.39, 0.29) is 38.6 Å². The van der Waals surface area contributed by atoms with Gasteiger partial charge in [-0.3, -0.25) is 48.0 Å². The van der Waals surface area contributed by atoms with Gasteiger partial charge < -0.3 is 78.4 Å². The summed E-state index contributed by atoms with van der Waals surface area (Å²) >= 11 is 0. The molecule has 4 aliphatic rings. The van der Waals surface area contributed by atoms with E-state index < -0.39 is 183 Å². The number of carbonyl (C=O) groups is 7. The van der Waals surface area contributed by atoms with E-state index in [1.54, 1.807) is 19.9 Å². The zero-order chi connectivity index (χ0) is 61.1. The van der Waals surface area contributed by atoms with E-state index >= 15 is 0 Å². The van der Waals surface area contributed by atoms with Crippen molar-refractivity contribution in [2.24, 2.45) is 11.7 Å². The Bertz CT molecular complexity index is 2460. The molecule has 28 nitrogen and oxygen atoms in total. The van der Waals surface area contributed by atoms with Gasteiger partial charge in [0.2, 0.25) is 12.2 Å². The number of carboxylic acids is 2. The molecule has 5 rings (SSSR count). The van der Waals surface area contributed by atoms with Crippen LogP contribution in [0.1, 0.15) is 130 Å². The minimum absolute atomic E-state index is 0.0406. The third-order valence-electron chi connectivity index (χ3n) is 15.1. The summed E-state index contributed by atoms with van der Waals surface area (Å²) in [6.45, 7) is 4.97. The van der Waals surface area contributed by atoms with Crippen LogP contribution in [0.2, 0.25) is 0 Å². The minimum Gasteiger partial charge on any atom is -0.481 e. The lowest BCUT2D eigenvalue weighted by Crippen LogP contribution is -2.61. The van der Waals surface area contributed by atoms with Crippen molar-refractivity contribution in [2.75, 3.05) is 41.4 Å². The number of aliphatic hydroxyl groups excluding tert-OH is 2. The third kappa shape index (κ3) is 19.4. The average molecular weight is 1180 g/mol. The fraction of sp³-hybridized carbons (Fsp3) is 0.764. The molecule has 1 aromatic rings. The number of nitrogens with two attached hydrogens (primary N) is 1. The van der Waals surface area contributed by atoms with Gasteiger partial charge in [0.05, 0.1) is 43.7 Å². The maximum Gasteiger partial charge on any atom is 0.330 e. The van der Waals surface area contributed by atoms with Crippen molar-refractivity contribution < 1.29 is 101 Å². The van der Waals surface area contributed by atoms with E-state index in [4.69, 9.17) is 58.2 Å². The van der Waals surface area contributed by atoms with Gasteiger partial charge in [0.25, 0.3) is 5.56 Å². The SMILES string of the molecule is CCCCCCCCC=CCC(CC(=O)OC1CN(C)C(C(O[C@H]2C[C@H](O)[C@@H](CN)O2)[C@H]2O[C@@H](n3ccc(=O)[nH]c3=O)C[C@@H]2O)C(=O)N(C)C1C(=O)O)OC(=O)CC(C)CC(=O)OC1OC(CC)C(OC)C(OC(=O)CCC(=O)O)C1OC. The first-order valence-electron chi connectivity index (χ1n) is 28.4. The number of nitrogens with one attached hydrogen (secondary N) is 1. The number of hydrogen-bond donors (Lipinski definition) is 6. The minimum atomic E-state index is -1.80. The van der Waals surface area contributed by atoms with Crippen molar-refractivity contribution in [3.63, 3.8) is 0 Å². The number of aliphatic hydroxyl groups is 2. The summed E-state index contributed by atoms with van der Waals surface area (Å²) < 4.78 is 59.7. The van der Waals surface area contributed by atoms with E-state index in [2.05, 4.69) is 11.9 Å². The predicted molar refractivity (Wildman–Crippen MR) is 288 cm³/mol. The lowest BCUT2D eigenvalue weighted by atomic mass is 9.96. The van der Waals surface area contributed by atoms with Gasteiger partial charge in [-0.05, 0) is 32.2 Å². The van der Waals surface area contributed by atoms with Crippen LogP contribution >= 0.6 is 0 Å². The summed E-state index contributed by atoms with van der Waals surface area (Å²) in [5.41, 5.74) is 4.28. The molecule has 17 atom stereocenters. The lowest BCUT2D eigenvalue weighted by Gasteiger charge is -2.44. The molecule has 0 saturated carbocycles. The van der Waals surface area contributed by atoms with E-state index in [1.807, 2.05) is 6.08 Å². The predicted octanol–water partition coefficient (Wildman–Crippen LogP) is 1.04. The molecular weight excluding hydrogens is 1100 g/mol. The number of hydrogen-bond acceptors (Lipinski definition) is 23. The second-order valence-electron chi connectivity index (χ2n) is 21.5. The monoisotopic (exact) mass is 1180 g/mol. The van der Waals surface area contributed by atoms with Gasteiger partial charge in [-0.25, -0.2) is 9.59 Å². The summed E-state index contributed by atoms with van der Waals surface area (Å²) in [6, 6.07) is -2.22. The number of nitrogens with zero attached hydrogens (tertiary/aromatic N) is 3. The quantitative estimate of drug-likeness (QED) is 0.0254. The smallest absolute Gasteiger partial charge is 0.330 e. The maximum atomic E-state index is 14.7. The molecule has 5 heterocycles. The van der Waals surface area contributed by atoms with Crippen molar-refractivity contribution in [3.8, 4) is 0 Å². The number of aliphatic carboxylic acids is 2. The van der Waals surface area contributed by atoms with Crippen LogP contribution in [0.3, 0.4) is 0 Å². The first-order valence-corrected chi connectivity index (χ1v) is 28.4. The number of unbranched alkanes of at least 4 members (excludes halogenated alkanes) is 6. The largest absolute Gasteiger partial charge is 0.481 e. The van der Waals surface area contributed by atoms with Crippen molar-refractivity contribution in [3.05, 3.63) is 45.3 Å². The van der Waals surface area contributed by atoms with Crippen molar-refractivity contribution in [1.82, 2.24) is 19.4 Å². The van der Waals surface area contributed by atoms with Gasteiger partial charge in [0.1, 0.15) is 42.8 Å². The van der Waals surface area contributed by atoms with Crippen molar-refractivity contribution >= 4 is 41.7 Å². The molecule has 0 radical (unpaired) electrons. The molecule has 4 fully saturated rings. The topological polar surface area (TPSA) is 380 Å². The molecule has 7 N–H and O–H groups in total. The molecule has 0 spiro atoms. The Hall–Kier alpha value is -5.69. The van der Waals surface area contributed by atoms with Gasteiger partial charge in [-0.1, -0.05) is 65.0 Å². The number of carbonyl (C=O) groups excluding carboxylic acids is 5. The molecule has 0 bridgehead atoms. The second kappa shape index (κ2) is 33.1. The van der Waals surface area contributed by atoms with E-state index in [0.29, 0.717) is 12.8 Å². The average Bonchev–Trinajstić information content (AvgIpc) is 3.23. The normalized spacial score (nSPS) is 29.7. The Morgan fingerprint density at radius 2 is 1.48 bits per heavy atom. The zero-order valence-corrected chi connectivity index (χ0v) is 48.3. The summed E-state index contributed by atoms with van der Waals surface area (Å²) in [5, 5.41) is 42.0. The number of amides is 1. The highest BCUT2D eigenvalue weighted by molar-refractivity contribution is 5.89. The highest BCUT2D eigenvalue weighted by Gasteiger charge is 2.54. The number of H-pyrrole nitrogens is 1. The van der Waals surface area contributed by atoms with Crippen LogP contribution in [-0.2, 0) is 80.9 Å². The van der Waals surface area contributed by atoms with E-state index in [9.17, 15) is 58.5 Å². The van der Waals surface area contributed by atoms with Crippen LogP contribution < -0.4 is 17.0 Å². The number of carboxylic acid groups (broad SMARTS) is 2. The molecular formula is C55H85N5O23. The molecule has 11 unspecified atom stereocenters. The molecule has 1 aromatic heterocycles. The summed E-state index contributed by atoms with van der Waals surface area (Å²) in [7, 11) is 5.27. The van der Waals surface area contributed by atoms with Crippen molar-refractivity contribution in [1.29, 1.82) is 0 Å². The van der Waals surface area contributed by atoms with Crippen LogP contribution in [0, 0.1) is 5.92 Å². The Balaban J connectivity index is 1.31. The maximum absolute atomic E-state index is 14.7. The number of aromatic amines is 1. The van der Waals surface area contributed by atoms with Gasteiger partial charge in [0, 0.05) is 78.7 Å². The molecule has 4 saturated heterocycles. The first-order chi connectivity index (χ1) is 39.5. The number of allylic oxidation sites excluding steroid dienone is 1. The number of rotatable bonds is 32. The van der Waals surface area contributed by atoms with Crippen LogP contribution in [0.15, 0.2) is 34.0 Å². The highest BCUT2D eigenvalue weighted by Crippen LogP contribution is 2.37. The van der Waals surface area contributed by atoms with Crippen LogP contribution in [0.5, 0.6) is 0 Å². The first kappa shape index (κ1) is 68.1. The fourth-order valence-electron chi connectivity index (χ4n) is 10.8. The number of likely N-dealkylation sites (N-methyl/N-ethyl adjacent to an activating group) is 2. The number of ether oxygens (including phenoxy) is 10.